The van der Waals surface area contributed by atoms with Crippen molar-refractivity contribution in [2.45, 2.75) is 47.5 Å². The molecule has 0 aromatic heterocycles. The topological polar surface area (TPSA) is 12.0 Å². The minimum atomic E-state index is 0.592. The maximum atomic E-state index is 3.55. The molecule has 0 heterocycles. The van der Waals surface area contributed by atoms with Crippen molar-refractivity contribution >= 4 is 0 Å². The van der Waals surface area contributed by atoms with Crippen LogP contribution in [0.25, 0.3) is 0 Å². The average molecular weight is 233 g/mol. The summed E-state index contributed by atoms with van der Waals surface area (Å²) in [7, 11) is 0. The van der Waals surface area contributed by atoms with E-state index in [1.807, 2.05) is 0 Å². The highest BCUT2D eigenvalue weighted by Crippen LogP contribution is 2.24. The molecule has 17 heavy (non-hydrogen) atoms. The predicted octanol–water partition coefficient (Wildman–Crippen LogP) is 3.96. The van der Waals surface area contributed by atoms with Crippen LogP contribution >= 0.6 is 0 Å². The van der Waals surface area contributed by atoms with Crippen LogP contribution in [-0.4, -0.2) is 13.1 Å². The summed E-state index contributed by atoms with van der Waals surface area (Å²) < 4.78 is 0. The van der Waals surface area contributed by atoms with Crippen LogP contribution in [0, 0.1) is 26.7 Å². The number of hydrogen-bond donors (Lipinski definition) is 1. The fourth-order valence-electron chi connectivity index (χ4n) is 2.66. The molecule has 0 aliphatic heterocycles. The van der Waals surface area contributed by atoms with Crippen LogP contribution in [-0.2, 0) is 0 Å². The fraction of sp³-hybridized carbons (Fsp3) is 0.625. The van der Waals surface area contributed by atoms with Crippen LogP contribution in [0.5, 0.6) is 0 Å². The molecule has 1 heteroatoms. The summed E-state index contributed by atoms with van der Waals surface area (Å²) in [6.07, 6.45) is 0. The highest BCUT2D eigenvalue weighted by Gasteiger charge is 2.11. The van der Waals surface area contributed by atoms with Gasteiger partial charge in [-0.1, -0.05) is 38.5 Å². The Bertz CT molecular complexity index is 343. The standard InChI is InChI=1S/C16H27N/c1-11(2)9-17-10-15(6)16-13(4)7-12(3)8-14(16)5/h7-8,11,15,17H,9-10H2,1-6H3. The number of hydrogen-bond acceptors (Lipinski definition) is 1. The van der Waals surface area contributed by atoms with E-state index < -0.39 is 0 Å². The lowest BCUT2D eigenvalue weighted by Gasteiger charge is -2.19. The molecule has 1 atom stereocenters. The zero-order valence-corrected chi connectivity index (χ0v) is 12.2. The summed E-state index contributed by atoms with van der Waals surface area (Å²) in [5, 5.41) is 3.55. The van der Waals surface area contributed by atoms with E-state index in [-0.39, 0.29) is 0 Å². The first-order valence-corrected chi connectivity index (χ1v) is 6.70. The van der Waals surface area contributed by atoms with Gasteiger partial charge in [0.05, 0.1) is 0 Å². The van der Waals surface area contributed by atoms with Crippen LogP contribution in [0.15, 0.2) is 12.1 Å². The Morgan fingerprint density at radius 1 is 0.941 bits per heavy atom. The second-order valence-electron chi connectivity index (χ2n) is 5.77. The number of aryl methyl sites for hydroxylation is 3. The highest BCUT2D eigenvalue weighted by atomic mass is 14.9. The molecule has 0 amide bonds. The Morgan fingerprint density at radius 3 is 1.94 bits per heavy atom. The maximum absolute atomic E-state index is 3.55. The molecule has 0 saturated heterocycles. The first-order valence-electron chi connectivity index (χ1n) is 6.70. The third-order valence-electron chi connectivity index (χ3n) is 3.23. The molecule has 1 unspecified atom stereocenters. The van der Waals surface area contributed by atoms with Crippen molar-refractivity contribution in [3.63, 3.8) is 0 Å². The fourth-order valence-corrected chi connectivity index (χ4v) is 2.66. The molecule has 1 aromatic rings. The minimum absolute atomic E-state index is 0.592. The largest absolute Gasteiger partial charge is 0.316 e. The summed E-state index contributed by atoms with van der Waals surface area (Å²) in [6.45, 7) is 15.6. The third kappa shape index (κ3) is 4.16. The predicted molar refractivity (Wildman–Crippen MR) is 76.8 cm³/mol. The van der Waals surface area contributed by atoms with E-state index in [1.165, 1.54) is 22.3 Å². The van der Waals surface area contributed by atoms with E-state index in [0.717, 1.165) is 19.0 Å². The van der Waals surface area contributed by atoms with E-state index in [9.17, 15) is 0 Å². The summed E-state index contributed by atoms with van der Waals surface area (Å²) in [6, 6.07) is 4.59. The summed E-state index contributed by atoms with van der Waals surface area (Å²) in [4.78, 5) is 0. The molecule has 0 fully saturated rings. The van der Waals surface area contributed by atoms with Gasteiger partial charge >= 0.3 is 0 Å². The molecule has 0 radical (unpaired) electrons. The third-order valence-corrected chi connectivity index (χ3v) is 3.23. The monoisotopic (exact) mass is 233 g/mol. The highest BCUT2D eigenvalue weighted by molar-refractivity contribution is 5.39. The van der Waals surface area contributed by atoms with Crippen LogP contribution in [0.1, 0.15) is 48.9 Å². The van der Waals surface area contributed by atoms with Crippen molar-refractivity contribution in [3.8, 4) is 0 Å². The van der Waals surface area contributed by atoms with Gasteiger partial charge in [0.1, 0.15) is 0 Å². The van der Waals surface area contributed by atoms with Crippen LogP contribution in [0.3, 0.4) is 0 Å². The van der Waals surface area contributed by atoms with Crippen molar-refractivity contribution in [2.75, 3.05) is 13.1 Å². The maximum Gasteiger partial charge on any atom is 0.00178 e. The van der Waals surface area contributed by atoms with E-state index >= 15 is 0 Å². The molecule has 0 spiro atoms. The van der Waals surface area contributed by atoms with E-state index in [4.69, 9.17) is 0 Å². The minimum Gasteiger partial charge on any atom is -0.316 e. The molecular formula is C16H27N. The van der Waals surface area contributed by atoms with E-state index in [0.29, 0.717) is 5.92 Å². The molecule has 0 aliphatic carbocycles. The van der Waals surface area contributed by atoms with Gasteiger partial charge in [-0.3, -0.25) is 0 Å². The summed E-state index contributed by atoms with van der Waals surface area (Å²) in [5.41, 5.74) is 5.75. The van der Waals surface area contributed by atoms with Gasteiger partial charge < -0.3 is 5.32 Å². The first kappa shape index (κ1) is 14.2. The zero-order valence-electron chi connectivity index (χ0n) is 12.2. The van der Waals surface area contributed by atoms with Crippen molar-refractivity contribution < 1.29 is 0 Å². The van der Waals surface area contributed by atoms with Gasteiger partial charge in [-0.2, -0.15) is 0 Å². The van der Waals surface area contributed by atoms with Crippen molar-refractivity contribution in [2.24, 2.45) is 5.92 Å². The Hall–Kier alpha value is -0.820. The van der Waals surface area contributed by atoms with Crippen molar-refractivity contribution in [1.82, 2.24) is 5.32 Å². The number of nitrogens with one attached hydrogen (secondary N) is 1. The summed E-state index contributed by atoms with van der Waals surface area (Å²) in [5.74, 6) is 1.32. The van der Waals surface area contributed by atoms with Crippen molar-refractivity contribution in [3.05, 3.63) is 34.4 Å². The average Bonchev–Trinajstić information content (AvgIpc) is 2.14. The van der Waals surface area contributed by atoms with Gasteiger partial charge in [-0.15, -0.1) is 0 Å². The molecule has 0 saturated carbocycles. The Balaban J connectivity index is 2.72. The Labute approximate surface area is 107 Å². The number of benzene rings is 1. The smallest absolute Gasteiger partial charge is 0.00178 e. The lowest BCUT2D eigenvalue weighted by Crippen LogP contribution is -2.25. The summed E-state index contributed by atoms with van der Waals surface area (Å²) >= 11 is 0. The second-order valence-corrected chi connectivity index (χ2v) is 5.77. The molecular weight excluding hydrogens is 206 g/mol. The molecule has 1 rings (SSSR count). The number of rotatable bonds is 5. The Kier molecular flexibility index (Phi) is 5.20. The zero-order chi connectivity index (χ0) is 13.0. The molecule has 96 valence electrons. The second kappa shape index (κ2) is 6.20. The lowest BCUT2D eigenvalue weighted by molar-refractivity contribution is 0.527. The van der Waals surface area contributed by atoms with Crippen molar-refractivity contribution in [1.29, 1.82) is 0 Å². The molecule has 1 N–H and O–H groups in total. The first-order chi connectivity index (χ1) is 7.91. The molecule has 0 bridgehead atoms. The SMILES string of the molecule is Cc1cc(C)c(C(C)CNCC(C)C)c(C)c1. The molecule has 0 aliphatic rings. The van der Waals surface area contributed by atoms with Crippen LogP contribution in [0.2, 0.25) is 0 Å². The van der Waals surface area contributed by atoms with Crippen LogP contribution < -0.4 is 5.32 Å². The molecule has 1 aromatic carbocycles. The quantitative estimate of drug-likeness (QED) is 0.811. The van der Waals surface area contributed by atoms with Gasteiger partial charge in [0.2, 0.25) is 0 Å². The van der Waals surface area contributed by atoms with E-state index in [2.05, 4.69) is 59.0 Å². The van der Waals surface area contributed by atoms with Gasteiger partial charge in [-0.05, 0) is 55.8 Å². The van der Waals surface area contributed by atoms with Gasteiger partial charge in [0.15, 0.2) is 0 Å². The van der Waals surface area contributed by atoms with Gasteiger partial charge in [0, 0.05) is 6.54 Å². The lowest BCUT2D eigenvalue weighted by atomic mass is 9.90. The van der Waals surface area contributed by atoms with Crippen LogP contribution in [0.4, 0.5) is 0 Å². The molecule has 1 nitrogen and oxygen atoms in total. The van der Waals surface area contributed by atoms with Gasteiger partial charge in [0.25, 0.3) is 0 Å². The normalized spacial score (nSPS) is 13.1. The van der Waals surface area contributed by atoms with E-state index in [1.54, 1.807) is 0 Å². The Morgan fingerprint density at radius 2 is 1.47 bits per heavy atom. The van der Waals surface area contributed by atoms with Gasteiger partial charge in [-0.25, -0.2) is 0 Å².